The van der Waals surface area contributed by atoms with Crippen LogP contribution >= 0.6 is 11.6 Å². The number of carboxylic acids is 1. The van der Waals surface area contributed by atoms with Crippen LogP contribution in [-0.4, -0.2) is 76.4 Å². The lowest BCUT2D eigenvalue weighted by molar-refractivity contribution is -0.145. The number of likely N-dealkylation sites (N-methyl/N-ethyl adjacent to an activating group) is 1. The molecule has 1 fully saturated rings. The Morgan fingerprint density at radius 2 is 1.84 bits per heavy atom. The number of aliphatic hydroxyl groups is 1. The number of benzene rings is 3. The fourth-order valence-electron chi connectivity index (χ4n) is 5.76. The van der Waals surface area contributed by atoms with Crippen LogP contribution in [0.1, 0.15) is 34.7 Å². The number of nitrogens with one attached hydrogen (secondary N) is 1. The van der Waals surface area contributed by atoms with Gasteiger partial charge in [-0.2, -0.15) is 10.2 Å². The number of hydrogen-bond acceptors (Lipinski definition) is 11. The molecule has 5 aromatic rings. The van der Waals surface area contributed by atoms with Crippen molar-refractivity contribution in [2.75, 3.05) is 44.7 Å². The molecule has 1 aliphatic rings. The first-order valence-corrected chi connectivity index (χ1v) is 16.9. The number of rotatable bonds is 13. The molecule has 0 bridgehead atoms. The topological polar surface area (TPSA) is 157 Å². The van der Waals surface area contributed by atoms with Gasteiger partial charge in [-0.25, -0.2) is 0 Å². The van der Waals surface area contributed by atoms with E-state index in [1.54, 1.807) is 24.4 Å². The summed E-state index contributed by atoms with van der Waals surface area (Å²) in [5, 5.41) is 31.8. The molecule has 3 heterocycles. The maximum atomic E-state index is 11.8. The van der Waals surface area contributed by atoms with Gasteiger partial charge in [0.25, 0.3) is 6.01 Å². The van der Waals surface area contributed by atoms with Crippen LogP contribution in [0.25, 0.3) is 22.2 Å². The maximum absolute atomic E-state index is 11.8. The molecule has 2 aromatic heterocycles. The number of pyridine rings is 1. The summed E-state index contributed by atoms with van der Waals surface area (Å²) in [4.78, 5) is 25.2. The van der Waals surface area contributed by atoms with Gasteiger partial charge in [0.1, 0.15) is 41.8 Å². The van der Waals surface area contributed by atoms with Crippen molar-refractivity contribution in [1.29, 1.82) is 5.26 Å². The molecule has 51 heavy (non-hydrogen) atoms. The number of nitriles is 1. The summed E-state index contributed by atoms with van der Waals surface area (Å²) < 4.78 is 18.5. The average Bonchev–Trinajstić information content (AvgIpc) is 3.57. The first-order chi connectivity index (χ1) is 24.6. The van der Waals surface area contributed by atoms with E-state index in [9.17, 15) is 20.3 Å². The van der Waals surface area contributed by atoms with Crippen molar-refractivity contribution in [3.05, 3.63) is 99.8 Å². The fourth-order valence-corrected chi connectivity index (χ4v) is 6.00. The first-order valence-electron chi connectivity index (χ1n) is 16.5. The molecule has 1 aliphatic heterocycles. The molecule has 0 spiro atoms. The summed E-state index contributed by atoms with van der Waals surface area (Å²) in [6.45, 7) is 6.81. The third-order valence-corrected chi connectivity index (χ3v) is 9.48. The van der Waals surface area contributed by atoms with Gasteiger partial charge in [-0.3, -0.25) is 15.1 Å². The minimum atomic E-state index is -1.59. The number of aromatic nitrogens is 2. The van der Waals surface area contributed by atoms with E-state index < -0.39 is 18.1 Å². The maximum Gasteiger partial charge on any atom is 0.326 e. The van der Waals surface area contributed by atoms with Gasteiger partial charge in [-0.1, -0.05) is 35.9 Å². The van der Waals surface area contributed by atoms with Crippen molar-refractivity contribution in [2.45, 2.75) is 39.1 Å². The highest BCUT2D eigenvalue weighted by molar-refractivity contribution is 6.32. The molecule has 1 atom stereocenters. The van der Waals surface area contributed by atoms with Crippen LogP contribution in [-0.2, 0) is 24.6 Å². The van der Waals surface area contributed by atoms with Gasteiger partial charge in [0, 0.05) is 62.3 Å². The van der Waals surface area contributed by atoms with Crippen molar-refractivity contribution in [2.24, 2.45) is 0 Å². The van der Waals surface area contributed by atoms with E-state index in [2.05, 4.69) is 39.3 Å². The van der Waals surface area contributed by atoms with Crippen LogP contribution in [0.15, 0.2) is 71.4 Å². The number of piperazine rings is 1. The highest BCUT2D eigenvalue weighted by Gasteiger charge is 2.32. The quantitative estimate of drug-likeness (QED) is 0.140. The van der Waals surface area contributed by atoms with Crippen molar-refractivity contribution in [3.63, 3.8) is 0 Å². The molecule has 0 aliphatic carbocycles. The van der Waals surface area contributed by atoms with E-state index >= 15 is 0 Å². The number of carbonyl (C=O) groups is 1. The standard InChI is InChI=1S/C38H39ClN6O6/c1-24-28(5-4-6-30(24)27-7-8-33-32(15-27)43-37(51-33)45-11-9-44(3)10-12-45)22-50-35-16-34(49-21-26-13-25(17-40)18-41-19-26)29(14-31(35)39)20-42-38(2,23-46)36(47)48/h4-8,13-16,18-19,42,46H,9-12,20-23H2,1-3H3,(H,47,48)/t38-/m0/s1. The van der Waals surface area contributed by atoms with E-state index in [1.165, 1.54) is 13.1 Å². The molecular formula is C38H39ClN6O6. The number of aliphatic carboxylic acids is 1. The lowest BCUT2D eigenvalue weighted by atomic mass is 9.96. The van der Waals surface area contributed by atoms with Crippen molar-refractivity contribution >= 4 is 34.7 Å². The van der Waals surface area contributed by atoms with E-state index in [0.717, 1.165) is 59.5 Å². The summed E-state index contributed by atoms with van der Waals surface area (Å²) in [6.07, 6.45) is 3.06. The second-order valence-electron chi connectivity index (χ2n) is 12.9. The minimum Gasteiger partial charge on any atom is -0.488 e. The summed E-state index contributed by atoms with van der Waals surface area (Å²) >= 11 is 6.72. The van der Waals surface area contributed by atoms with Crippen molar-refractivity contribution in [1.82, 2.24) is 20.2 Å². The van der Waals surface area contributed by atoms with Crippen LogP contribution in [0.4, 0.5) is 6.01 Å². The van der Waals surface area contributed by atoms with Gasteiger partial charge >= 0.3 is 5.97 Å². The molecule has 1 saturated heterocycles. The Labute approximate surface area is 300 Å². The molecule has 264 valence electrons. The Bertz CT molecular complexity index is 2090. The first kappa shape index (κ1) is 35.6. The zero-order valence-corrected chi connectivity index (χ0v) is 29.4. The molecule has 6 rings (SSSR count). The predicted molar refractivity (Wildman–Crippen MR) is 193 cm³/mol. The average molecular weight is 711 g/mol. The van der Waals surface area contributed by atoms with Gasteiger partial charge in [-0.05, 0) is 67.4 Å². The SMILES string of the molecule is Cc1c(COc2cc(OCc3cncc(C#N)c3)c(CN[C@@](C)(CO)C(=O)O)cc2Cl)cccc1-c1ccc2oc(N3CCN(C)CC3)nc2c1. The second-order valence-corrected chi connectivity index (χ2v) is 13.3. The lowest BCUT2D eigenvalue weighted by Gasteiger charge is -2.31. The van der Waals surface area contributed by atoms with Gasteiger partial charge < -0.3 is 33.9 Å². The Morgan fingerprint density at radius 3 is 2.59 bits per heavy atom. The molecule has 0 saturated carbocycles. The zero-order chi connectivity index (χ0) is 36.1. The van der Waals surface area contributed by atoms with Crippen LogP contribution in [0, 0.1) is 18.3 Å². The normalized spacial score (nSPS) is 14.6. The summed E-state index contributed by atoms with van der Waals surface area (Å²) in [5.41, 5.74) is 5.62. The minimum absolute atomic E-state index is 0.0308. The number of anilines is 1. The molecular weight excluding hydrogens is 672 g/mol. The molecule has 3 N–H and O–H groups in total. The van der Waals surface area contributed by atoms with Crippen molar-refractivity contribution in [3.8, 4) is 28.7 Å². The fraction of sp³-hybridized carbons (Fsp3) is 0.316. The van der Waals surface area contributed by atoms with E-state index in [0.29, 0.717) is 39.2 Å². The highest BCUT2D eigenvalue weighted by atomic mass is 35.5. The monoisotopic (exact) mass is 710 g/mol. The van der Waals surface area contributed by atoms with Crippen LogP contribution < -0.4 is 19.7 Å². The van der Waals surface area contributed by atoms with Gasteiger partial charge in [0.05, 0.1) is 17.2 Å². The summed E-state index contributed by atoms with van der Waals surface area (Å²) in [5.74, 6) is -0.447. The summed E-state index contributed by atoms with van der Waals surface area (Å²) in [7, 11) is 2.12. The molecule has 3 aromatic carbocycles. The molecule has 0 amide bonds. The number of ether oxygens (including phenoxy) is 2. The predicted octanol–water partition coefficient (Wildman–Crippen LogP) is 5.56. The zero-order valence-electron chi connectivity index (χ0n) is 28.6. The smallest absolute Gasteiger partial charge is 0.326 e. The number of nitrogens with zero attached hydrogens (tertiary/aromatic N) is 5. The number of oxazole rings is 1. The van der Waals surface area contributed by atoms with Crippen LogP contribution in [0.5, 0.6) is 11.5 Å². The van der Waals surface area contributed by atoms with Crippen molar-refractivity contribution < 1.29 is 28.9 Å². The third kappa shape index (κ3) is 8.08. The Balaban J connectivity index is 1.22. The third-order valence-electron chi connectivity index (χ3n) is 9.18. The molecule has 0 unspecified atom stereocenters. The Morgan fingerprint density at radius 1 is 1.06 bits per heavy atom. The Hall–Kier alpha value is -5.19. The van der Waals surface area contributed by atoms with Gasteiger partial charge in [0.15, 0.2) is 5.58 Å². The second kappa shape index (κ2) is 15.4. The van der Waals surface area contributed by atoms with Crippen LogP contribution in [0.2, 0.25) is 5.02 Å². The number of halogens is 1. The van der Waals surface area contributed by atoms with E-state index in [4.69, 9.17) is 30.5 Å². The molecule has 12 nitrogen and oxygen atoms in total. The van der Waals surface area contributed by atoms with Gasteiger partial charge in [0.2, 0.25) is 0 Å². The van der Waals surface area contributed by atoms with E-state index in [-0.39, 0.29) is 19.8 Å². The van der Waals surface area contributed by atoms with E-state index in [1.807, 2.05) is 37.3 Å². The number of hydrogen-bond donors (Lipinski definition) is 3. The lowest BCUT2D eigenvalue weighted by Crippen LogP contribution is -2.52. The Kier molecular flexibility index (Phi) is 10.7. The number of aliphatic hydroxyl groups excluding tert-OH is 1. The highest BCUT2D eigenvalue weighted by Crippen LogP contribution is 2.36. The molecule has 0 radical (unpaired) electrons. The largest absolute Gasteiger partial charge is 0.488 e. The number of carboxylic acid groups (broad SMARTS) is 1. The van der Waals surface area contributed by atoms with Gasteiger partial charge in [-0.15, -0.1) is 0 Å². The number of fused-ring (bicyclic) bond motifs is 1. The molecule has 13 heteroatoms. The summed E-state index contributed by atoms with van der Waals surface area (Å²) in [6, 6.07) is 19.8. The van der Waals surface area contributed by atoms with Crippen LogP contribution in [0.3, 0.4) is 0 Å².